The molecule has 0 heteroatoms. The van der Waals surface area contributed by atoms with Crippen LogP contribution in [0.15, 0.2) is 78.9 Å². The van der Waals surface area contributed by atoms with Crippen LogP contribution in [0, 0.1) is 6.07 Å². The van der Waals surface area contributed by atoms with Crippen LogP contribution in [-0.2, 0) is 0 Å². The molecule has 0 spiro atoms. The molecule has 4 aromatic rings. The smallest absolute Gasteiger partial charge is 0.00143 e. The standard InChI is InChI=1S/C22H13/c1-2-7-15(8-3-1)17-14-13-16-9-6-12-19-18-10-4-5-11-20(18)22(17)21(16)19/h2-14H. The van der Waals surface area contributed by atoms with Gasteiger partial charge in [0.05, 0.1) is 0 Å². The topological polar surface area (TPSA) is 0 Å². The van der Waals surface area contributed by atoms with Crippen molar-refractivity contribution in [2.75, 3.05) is 0 Å². The van der Waals surface area contributed by atoms with Crippen molar-refractivity contribution in [2.24, 2.45) is 0 Å². The van der Waals surface area contributed by atoms with Gasteiger partial charge in [0.25, 0.3) is 0 Å². The van der Waals surface area contributed by atoms with Crippen molar-refractivity contribution in [3.05, 3.63) is 84.9 Å². The normalized spacial score (nSPS) is 11.6. The lowest BCUT2D eigenvalue weighted by atomic mass is 9.93. The molecule has 1 aliphatic rings. The van der Waals surface area contributed by atoms with Crippen LogP contribution in [-0.4, -0.2) is 0 Å². The average Bonchev–Trinajstić information content (AvgIpc) is 2.93. The van der Waals surface area contributed by atoms with Gasteiger partial charge in [-0.25, -0.2) is 0 Å². The second kappa shape index (κ2) is 4.32. The third-order valence-electron chi connectivity index (χ3n) is 4.56. The van der Waals surface area contributed by atoms with Gasteiger partial charge in [0, 0.05) is 0 Å². The van der Waals surface area contributed by atoms with Gasteiger partial charge in [0.2, 0.25) is 0 Å². The molecule has 5 rings (SSSR count). The summed E-state index contributed by atoms with van der Waals surface area (Å²) in [6.45, 7) is 0. The number of hydrogen-bond acceptors (Lipinski definition) is 0. The molecule has 4 aromatic carbocycles. The van der Waals surface area contributed by atoms with E-state index in [1.165, 1.54) is 44.2 Å². The molecule has 101 valence electrons. The van der Waals surface area contributed by atoms with Crippen molar-refractivity contribution >= 4 is 10.8 Å². The van der Waals surface area contributed by atoms with Gasteiger partial charge in [-0.2, -0.15) is 0 Å². The second-order valence-corrected chi connectivity index (χ2v) is 5.73. The zero-order valence-corrected chi connectivity index (χ0v) is 12.0. The summed E-state index contributed by atoms with van der Waals surface area (Å²) >= 11 is 0. The number of benzene rings is 4. The van der Waals surface area contributed by atoms with Crippen molar-refractivity contribution in [1.29, 1.82) is 0 Å². The van der Waals surface area contributed by atoms with Crippen LogP contribution >= 0.6 is 0 Å². The first kappa shape index (κ1) is 11.8. The maximum Gasteiger partial charge on any atom is -0.00143 e. The molecule has 0 bridgehead atoms. The molecule has 0 saturated heterocycles. The molecule has 0 unspecified atom stereocenters. The van der Waals surface area contributed by atoms with E-state index in [2.05, 4.69) is 72.8 Å². The molecule has 0 nitrogen and oxygen atoms in total. The van der Waals surface area contributed by atoms with Gasteiger partial charge in [0.15, 0.2) is 0 Å². The molecule has 0 saturated carbocycles. The average molecular weight is 277 g/mol. The minimum Gasteiger partial charge on any atom is -0.0616 e. The monoisotopic (exact) mass is 277 g/mol. The van der Waals surface area contributed by atoms with Crippen molar-refractivity contribution in [3.8, 4) is 33.4 Å². The largest absolute Gasteiger partial charge is 0.0616 e. The van der Waals surface area contributed by atoms with Gasteiger partial charge in [-0.3, -0.25) is 0 Å². The van der Waals surface area contributed by atoms with Crippen molar-refractivity contribution < 1.29 is 0 Å². The third-order valence-corrected chi connectivity index (χ3v) is 4.56. The van der Waals surface area contributed by atoms with E-state index in [4.69, 9.17) is 0 Å². The Morgan fingerprint density at radius 1 is 0.545 bits per heavy atom. The van der Waals surface area contributed by atoms with Crippen LogP contribution in [0.3, 0.4) is 0 Å². The van der Waals surface area contributed by atoms with Crippen molar-refractivity contribution in [1.82, 2.24) is 0 Å². The first-order valence-corrected chi connectivity index (χ1v) is 7.55. The number of hydrogen-bond donors (Lipinski definition) is 0. The molecule has 1 radical (unpaired) electrons. The molecule has 22 heavy (non-hydrogen) atoms. The predicted octanol–water partition coefficient (Wildman–Crippen LogP) is 5.95. The zero-order chi connectivity index (χ0) is 14.5. The van der Waals surface area contributed by atoms with Crippen LogP contribution in [0.5, 0.6) is 0 Å². The summed E-state index contributed by atoms with van der Waals surface area (Å²) in [5.74, 6) is 0. The van der Waals surface area contributed by atoms with Crippen LogP contribution in [0.4, 0.5) is 0 Å². The van der Waals surface area contributed by atoms with E-state index < -0.39 is 0 Å². The zero-order valence-electron chi connectivity index (χ0n) is 12.0. The molecule has 0 aromatic heterocycles. The fourth-order valence-corrected chi connectivity index (χ4v) is 3.63. The van der Waals surface area contributed by atoms with Gasteiger partial charge in [0.1, 0.15) is 0 Å². The lowest BCUT2D eigenvalue weighted by molar-refractivity contribution is 1.63. The highest BCUT2D eigenvalue weighted by Gasteiger charge is 2.23. The Morgan fingerprint density at radius 2 is 1.32 bits per heavy atom. The fourth-order valence-electron chi connectivity index (χ4n) is 3.63. The molecule has 0 heterocycles. The molecule has 0 N–H and O–H groups in total. The molecular formula is C22H13. The minimum absolute atomic E-state index is 1.25. The summed E-state index contributed by atoms with van der Waals surface area (Å²) in [6.07, 6.45) is 0. The summed E-state index contributed by atoms with van der Waals surface area (Å²) < 4.78 is 0. The van der Waals surface area contributed by atoms with Crippen LogP contribution in [0.1, 0.15) is 0 Å². The first-order valence-electron chi connectivity index (χ1n) is 7.55. The maximum atomic E-state index is 3.11. The Balaban J connectivity index is 1.98. The van der Waals surface area contributed by atoms with Crippen LogP contribution < -0.4 is 0 Å². The summed E-state index contributed by atoms with van der Waals surface area (Å²) in [5.41, 5.74) is 7.97. The number of fused-ring (bicyclic) bond motifs is 3. The highest BCUT2D eigenvalue weighted by Crippen LogP contribution is 2.50. The van der Waals surface area contributed by atoms with Crippen LogP contribution in [0.2, 0.25) is 0 Å². The Morgan fingerprint density at radius 3 is 2.18 bits per heavy atom. The Bertz CT molecular complexity index is 1010. The molecule has 0 amide bonds. The Labute approximate surface area is 129 Å². The summed E-state index contributed by atoms with van der Waals surface area (Å²) in [4.78, 5) is 0. The van der Waals surface area contributed by atoms with Gasteiger partial charge >= 0.3 is 0 Å². The van der Waals surface area contributed by atoms with Gasteiger partial charge in [-0.15, -0.1) is 0 Å². The Hall–Kier alpha value is -2.86. The fraction of sp³-hybridized carbons (Fsp3) is 0. The summed E-state index contributed by atoms with van der Waals surface area (Å²) in [6, 6.07) is 31.2. The van der Waals surface area contributed by atoms with E-state index in [-0.39, 0.29) is 0 Å². The molecule has 0 fully saturated rings. The van der Waals surface area contributed by atoms with Gasteiger partial charge < -0.3 is 0 Å². The minimum atomic E-state index is 1.25. The van der Waals surface area contributed by atoms with E-state index in [1.54, 1.807) is 0 Å². The van der Waals surface area contributed by atoms with E-state index in [9.17, 15) is 0 Å². The third kappa shape index (κ3) is 1.47. The van der Waals surface area contributed by atoms with E-state index in [0.29, 0.717) is 0 Å². The molecule has 0 aliphatic heterocycles. The van der Waals surface area contributed by atoms with Gasteiger partial charge in [-0.1, -0.05) is 78.9 Å². The number of rotatable bonds is 1. The highest BCUT2D eigenvalue weighted by molar-refractivity contribution is 6.19. The highest BCUT2D eigenvalue weighted by atomic mass is 14.3. The van der Waals surface area contributed by atoms with E-state index in [1.807, 2.05) is 12.1 Å². The van der Waals surface area contributed by atoms with E-state index >= 15 is 0 Å². The predicted molar refractivity (Wildman–Crippen MR) is 92.7 cm³/mol. The summed E-state index contributed by atoms with van der Waals surface area (Å²) in [5, 5.41) is 2.70. The lowest BCUT2D eigenvalue weighted by Gasteiger charge is -2.10. The molecular weight excluding hydrogens is 264 g/mol. The van der Waals surface area contributed by atoms with Crippen molar-refractivity contribution in [3.63, 3.8) is 0 Å². The Kier molecular flexibility index (Phi) is 2.31. The summed E-state index contributed by atoms with van der Waals surface area (Å²) in [7, 11) is 0. The van der Waals surface area contributed by atoms with Gasteiger partial charge in [-0.05, 0) is 50.2 Å². The maximum absolute atomic E-state index is 3.11. The lowest BCUT2D eigenvalue weighted by Crippen LogP contribution is -1.84. The molecule has 1 aliphatic carbocycles. The second-order valence-electron chi connectivity index (χ2n) is 5.73. The molecule has 0 atom stereocenters. The SMILES string of the molecule is [c]1ccc(-c2ccc3cccc4c3c2-c2ccccc2-4)cc1. The van der Waals surface area contributed by atoms with Crippen LogP contribution in [0.25, 0.3) is 44.2 Å². The van der Waals surface area contributed by atoms with Crippen molar-refractivity contribution in [2.45, 2.75) is 0 Å². The first-order chi connectivity index (χ1) is 10.9. The van der Waals surface area contributed by atoms with E-state index in [0.717, 1.165) is 0 Å². The quantitative estimate of drug-likeness (QED) is 0.355.